The zero-order valence-electron chi connectivity index (χ0n) is 23.1. The van der Waals surface area contributed by atoms with Crippen LogP contribution in [0.15, 0.2) is 52.3 Å². The summed E-state index contributed by atoms with van der Waals surface area (Å²) in [6.45, 7) is 4.71. The van der Waals surface area contributed by atoms with E-state index in [4.69, 9.17) is 9.47 Å². The summed E-state index contributed by atoms with van der Waals surface area (Å²) in [6.07, 6.45) is 0.769. The molecule has 0 spiro atoms. The van der Waals surface area contributed by atoms with Crippen LogP contribution in [0, 0.1) is 45.6 Å². The Morgan fingerprint density at radius 1 is 1.05 bits per heavy atom. The van der Waals surface area contributed by atoms with Gasteiger partial charge in [-0.1, -0.05) is 31.3 Å². The Morgan fingerprint density at radius 3 is 2.43 bits per heavy atom. The number of carbonyl (C=O) groups is 2. The maximum Gasteiger partial charge on any atom is 0.305 e. The Bertz CT molecular complexity index is 1670. The summed E-state index contributed by atoms with van der Waals surface area (Å²) < 4.78 is 11.7. The van der Waals surface area contributed by atoms with Gasteiger partial charge in [0.25, 0.3) is 5.69 Å². The fourth-order valence-corrected chi connectivity index (χ4v) is 10.5. The molecule has 0 radical (unpaired) electrons. The molecule has 1 aromatic heterocycles. The number of nitro groups is 1. The third kappa shape index (κ3) is 4.02. The molecule has 2 amide bonds. The number of ether oxygens (including phenoxy) is 2. The lowest BCUT2D eigenvalue weighted by atomic mass is 9.68. The van der Waals surface area contributed by atoms with Crippen LogP contribution < -0.4 is 19.2 Å². The lowest BCUT2D eigenvalue weighted by molar-refractivity contribution is -0.384. The fourth-order valence-electron chi connectivity index (χ4n) is 7.62. The number of rotatable bonds is 7. The number of benzene rings is 2. The molecule has 3 fully saturated rings. The van der Waals surface area contributed by atoms with Crippen LogP contribution in [0.1, 0.15) is 36.6 Å². The second-order valence-electron chi connectivity index (χ2n) is 11.9. The quantitative estimate of drug-likeness (QED) is 0.224. The van der Waals surface area contributed by atoms with Crippen molar-refractivity contribution < 1.29 is 24.0 Å². The average molecular weight is 608 g/mol. The number of nitro benzene ring substituents is 1. The zero-order valence-corrected chi connectivity index (χ0v) is 24.8. The second-order valence-corrected chi connectivity index (χ2v) is 14.1. The number of methoxy groups -OCH3 is 1. The molecule has 42 heavy (non-hydrogen) atoms. The molecule has 2 aliphatic heterocycles. The number of hydrogen-bond acceptors (Lipinski definition) is 9. The van der Waals surface area contributed by atoms with Crippen LogP contribution in [-0.4, -0.2) is 40.7 Å². The number of thiazole rings is 1. The maximum absolute atomic E-state index is 13.9. The lowest BCUT2D eigenvalue weighted by Gasteiger charge is -2.43. The number of amides is 2. The van der Waals surface area contributed by atoms with Gasteiger partial charge in [0.2, 0.25) is 11.8 Å². The van der Waals surface area contributed by atoms with E-state index >= 15 is 0 Å². The van der Waals surface area contributed by atoms with Crippen LogP contribution in [0.25, 0.3) is 0 Å². The Balaban J connectivity index is 1.26. The molecule has 2 saturated carbocycles. The van der Waals surface area contributed by atoms with Gasteiger partial charge in [-0.25, -0.2) is 0 Å². The van der Waals surface area contributed by atoms with Gasteiger partial charge in [-0.05, 0) is 59.9 Å². The molecular formula is C30H29N3O7S2. The highest BCUT2D eigenvalue weighted by molar-refractivity contribution is 8.00. The fraction of sp³-hybridized carbons (Fsp3) is 0.433. The minimum absolute atomic E-state index is 0.0240. The van der Waals surface area contributed by atoms with Crippen molar-refractivity contribution in [2.24, 2.45) is 35.5 Å². The molecule has 3 aromatic rings. The second kappa shape index (κ2) is 9.98. The first-order chi connectivity index (χ1) is 20.2. The van der Waals surface area contributed by atoms with E-state index < -0.39 is 16.8 Å². The number of thioether (sulfide) groups is 1. The minimum Gasteiger partial charge on any atom is -0.493 e. The number of anilines is 1. The first-order valence-corrected chi connectivity index (χ1v) is 15.7. The van der Waals surface area contributed by atoms with Gasteiger partial charge in [0.05, 0.1) is 41.2 Å². The third-order valence-electron chi connectivity index (χ3n) is 9.16. The van der Waals surface area contributed by atoms with Crippen molar-refractivity contribution in [1.29, 1.82) is 0 Å². The van der Waals surface area contributed by atoms with Crippen LogP contribution in [0.2, 0.25) is 0 Å². The van der Waals surface area contributed by atoms with Gasteiger partial charge >= 0.3 is 4.87 Å². The molecule has 7 atom stereocenters. The van der Waals surface area contributed by atoms with Gasteiger partial charge in [0, 0.05) is 28.2 Å². The van der Waals surface area contributed by atoms with E-state index in [1.165, 1.54) is 40.5 Å². The molecule has 2 aromatic carbocycles. The van der Waals surface area contributed by atoms with Crippen LogP contribution in [0.5, 0.6) is 11.5 Å². The molecule has 1 saturated heterocycles. The summed E-state index contributed by atoms with van der Waals surface area (Å²) in [5.74, 6) is 0.0686. The van der Waals surface area contributed by atoms with E-state index in [0.29, 0.717) is 29.7 Å². The highest BCUT2D eigenvalue weighted by Gasteiger charge is 2.69. The lowest BCUT2D eigenvalue weighted by Crippen LogP contribution is -2.42. The predicted molar refractivity (Wildman–Crippen MR) is 157 cm³/mol. The van der Waals surface area contributed by atoms with E-state index in [-0.39, 0.29) is 51.3 Å². The monoisotopic (exact) mass is 607 g/mol. The number of aromatic amines is 1. The molecule has 218 valence electrons. The third-order valence-corrected chi connectivity index (χ3v) is 11.7. The predicted octanol–water partition coefficient (Wildman–Crippen LogP) is 5.07. The molecule has 7 rings (SSSR count). The van der Waals surface area contributed by atoms with E-state index in [9.17, 15) is 24.5 Å². The van der Waals surface area contributed by atoms with Gasteiger partial charge in [-0.3, -0.25) is 29.4 Å². The van der Waals surface area contributed by atoms with Crippen LogP contribution in [0.4, 0.5) is 11.4 Å². The van der Waals surface area contributed by atoms with Crippen molar-refractivity contribution in [3.63, 3.8) is 0 Å². The largest absolute Gasteiger partial charge is 0.493 e. The topological polar surface area (TPSA) is 132 Å². The van der Waals surface area contributed by atoms with Crippen LogP contribution in [0.3, 0.4) is 0 Å². The molecule has 1 N–H and O–H groups in total. The van der Waals surface area contributed by atoms with Gasteiger partial charge in [-0.15, -0.1) is 11.8 Å². The number of H-pyrrole nitrogens is 1. The summed E-state index contributed by atoms with van der Waals surface area (Å²) in [5.41, 5.74) is 1.25. The van der Waals surface area contributed by atoms with Gasteiger partial charge < -0.3 is 14.5 Å². The Morgan fingerprint density at radius 2 is 1.76 bits per heavy atom. The number of hydrogen-bond donors (Lipinski definition) is 1. The molecule has 2 aliphatic carbocycles. The van der Waals surface area contributed by atoms with Gasteiger partial charge in [0.15, 0.2) is 11.5 Å². The molecule has 3 heterocycles. The number of nitrogens with one attached hydrogen (secondary N) is 1. The van der Waals surface area contributed by atoms with Crippen molar-refractivity contribution in [3.05, 3.63) is 72.7 Å². The van der Waals surface area contributed by atoms with Crippen molar-refractivity contribution in [2.75, 3.05) is 18.6 Å². The standard InChI is InChI=1S/C30H29N3O7S2/c1-13(2)12-40-19-9-4-14(10-20(19)39-3)21-22-17-11-18(25(22)41-27-26(21)42-30(36)31-27)24-23(17)28(34)32(29(24)35)15-5-7-16(8-6-15)33(37)38/h4-10,13,17-18,21-25H,11-12H2,1-3H3,(H,31,36)/t17-,18-,21+,22+,23+,24+,25-/m1/s1. The zero-order chi connectivity index (χ0) is 29.4. The highest BCUT2D eigenvalue weighted by atomic mass is 32.2. The summed E-state index contributed by atoms with van der Waals surface area (Å²) in [4.78, 5) is 56.0. The van der Waals surface area contributed by atoms with Gasteiger partial charge in [-0.2, -0.15) is 0 Å². The van der Waals surface area contributed by atoms with Crippen molar-refractivity contribution in [3.8, 4) is 11.5 Å². The summed E-state index contributed by atoms with van der Waals surface area (Å²) in [5, 5.41) is 12.0. The maximum atomic E-state index is 13.9. The molecule has 12 heteroatoms. The van der Waals surface area contributed by atoms with E-state index in [1.807, 2.05) is 18.2 Å². The minimum atomic E-state index is -0.505. The highest BCUT2D eigenvalue weighted by Crippen LogP contribution is 2.68. The Kier molecular flexibility index (Phi) is 6.46. The molecule has 2 bridgehead atoms. The smallest absolute Gasteiger partial charge is 0.305 e. The summed E-state index contributed by atoms with van der Waals surface area (Å²) in [7, 11) is 1.61. The number of non-ortho nitro benzene ring substituents is 1. The van der Waals surface area contributed by atoms with Crippen LogP contribution in [-0.2, 0) is 9.59 Å². The molecule has 10 nitrogen and oxygen atoms in total. The summed E-state index contributed by atoms with van der Waals surface area (Å²) in [6, 6.07) is 11.5. The average Bonchev–Trinajstić information content (AvgIpc) is 3.70. The van der Waals surface area contributed by atoms with E-state index in [0.717, 1.165) is 21.9 Å². The van der Waals surface area contributed by atoms with E-state index in [1.54, 1.807) is 18.9 Å². The number of aromatic nitrogens is 1. The number of fused-ring (bicyclic) bond motifs is 9. The number of imide groups is 1. The normalized spacial score (nSPS) is 29.0. The molecule has 4 aliphatic rings. The van der Waals surface area contributed by atoms with Gasteiger partial charge in [0.1, 0.15) is 0 Å². The SMILES string of the molecule is COc1cc([C@@H]2c3sc(=O)[nH]c3S[C@@H]3[C@@H]4C[C@@H]([C@@H]5C(=O)N(c6ccc([N+](=O)[O-])cc6)C(=O)[C@@H]45)[C@@H]23)ccc1OCC(C)C. The Hall–Kier alpha value is -3.64. The summed E-state index contributed by atoms with van der Waals surface area (Å²) >= 11 is 2.84. The number of carbonyl (C=O) groups excluding carboxylic acids is 2. The van der Waals surface area contributed by atoms with Crippen LogP contribution >= 0.6 is 23.1 Å². The first-order valence-electron chi connectivity index (χ1n) is 14.0. The Labute approximate surface area is 249 Å². The van der Waals surface area contributed by atoms with Crippen molar-refractivity contribution in [2.45, 2.75) is 36.5 Å². The first kappa shape index (κ1) is 27.2. The van der Waals surface area contributed by atoms with E-state index in [2.05, 4.69) is 18.8 Å². The number of nitrogens with zero attached hydrogens (tertiary/aromatic N) is 2. The van der Waals surface area contributed by atoms with Crippen molar-refractivity contribution in [1.82, 2.24) is 4.98 Å². The molecule has 0 unspecified atom stereocenters. The molecular weight excluding hydrogens is 578 g/mol. The van der Waals surface area contributed by atoms with Crippen molar-refractivity contribution >= 4 is 46.3 Å².